The van der Waals surface area contributed by atoms with Crippen molar-refractivity contribution in [1.29, 1.82) is 0 Å². The lowest BCUT2D eigenvalue weighted by atomic mass is 9.98. The predicted molar refractivity (Wildman–Crippen MR) is 74.5 cm³/mol. The van der Waals surface area contributed by atoms with E-state index in [1.807, 2.05) is 0 Å². The van der Waals surface area contributed by atoms with Gasteiger partial charge in [0.25, 0.3) is 0 Å². The Morgan fingerprint density at radius 2 is 1.89 bits per heavy atom. The third-order valence-corrected chi connectivity index (χ3v) is 3.96. The van der Waals surface area contributed by atoms with E-state index >= 15 is 0 Å². The zero-order chi connectivity index (χ0) is 13.2. The van der Waals surface area contributed by atoms with Crippen LogP contribution in [0.15, 0.2) is 24.3 Å². The molecule has 3 nitrogen and oxygen atoms in total. The number of benzene rings is 1. The Morgan fingerprint density at radius 3 is 2.44 bits per heavy atom. The molecule has 1 aromatic carbocycles. The van der Waals surface area contributed by atoms with Gasteiger partial charge in [-0.05, 0) is 37.5 Å². The van der Waals surface area contributed by atoms with Crippen LogP contribution in [0.25, 0.3) is 0 Å². The van der Waals surface area contributed by atoms with E-state index in [0.717, 1.165) is 18.4 Å². The maximum atomic E-state index is 12.2. The summed E-state index contributed by atoms with van der Waals surface area (Å²) in [4.78, 5) is 11.2. The van der Waals surface area contributed by atoms with Gasteiger partial charge < -0.3 is 11.1 Å². The van der Waals surface area contributed by atoms with Crippen molar-refractivity contribution in [3.8, 4) is 0 Å². The van der Waals surface area contributed by atoms with Crippen molar-refractivity contribution in [1.82, 2.24) is 5.32 Å². The van der Waals surface area contributed by atoms with Crippen molar-refractivity contribution in [2.24, 2.45) is 0 Å². The Balaban J connectivity index is 2.08. The van der Waals surface area contributed by atoms with E-state index in [2.05, 4.69) is 5.32 Å². The highest BCUT2D eigenvalue weighted by atomic mass is 35.5. The quantitative estimate of drug-likeness (QED) is 0.653. The van der Waals surface area contributed by atoms with Crippen molar-refractivity contribution in [2.75, 3.05) is 5.73 Å². The summed E-state index contributed by atoms with van der Waals surface area (Å²) >= 11 is 6.39. The van der Waals surface area contributed by atoms with Crippen molar-refractivity contribution in [3.63, 3.8) is 0 Å². The average molecular weight is 267 g/mol. The van der Waals surface area contributed by atoms with Crippen molar-refractivity contribution in [3.05, 3.63) is 29.8 Å². The number of anilines is 1. The molecule has 0 spiro atoms. The Labute approximate surface area is 113 Å². The van der Waals surface area contributed by atoms with Gasteiger partial charge in [-0.3, -0.25) is 4.79 Å². The molecule has 1 saturated carbocycles. The highest BCUT2D eigenvalue weighted by molar-refractivity contribution is 6.34. The maximum Gasteiger partial charge on any atom is 0.245 e. The molecular weight excluding hydrogens is 248 g/mol. The van der Waals surface area contributed by atoms with Crippen LogP contribution < -0.4 is 11.1 Å². The average Bonchev–Trinajstić information content (AvgIpc) is 2.82. The lowest BCUT2D eigenvalue weighted by Gasteiger charge is -2.24. The molecule has 1 aliphatic rings. The van der Waals surface area contributed by atoms with Gasteiger partial charge in [-0.2, -0.15) is 0 Å². The lowest BCUT2D eigenvalue weighted by Crippen LogP contribution is -2.42. The molecule has 98 valence electrons. The van der Waals surface area contributed by atoms with Crippen molar-refractivity contribution in [2.45, 2.75) is 43.5 Å². The fraction of sp³-hybridized carbons (Fsp3) is 0.500. The molecule has 0 radical (unpaired) electrons. The largest absolute Gasteiger partial charge is 0.399 e. The van der Waals surface area contributed by atoms with Crippen LogP contribution in [0.1, 0.15) is 38.2 Å². The van der Waals surface area contributed by atoms with Crippen LogP contribution in [0.3, 0.4) is 0 Å². The SMILES string of the molecule is CC(Cl)(C(=O)NC1CCCC1)c1ccc(N)cc1. The van der Waals surface area contributed by atoms with Gasteiger partial charge in [0.05, 0.1) is 0 Å². The van der Waals surface area contributed by atoms with Crippen molar-refractivity contribution >= 4 is 23.2 Å². The van der Waals surface area contributed by atoms with E-state index in [4.69, 9.17) is 17.3 Å². The summed E-state index contributed by atoms with van der Waals surface area (Å²) in [6.07, 6.45) is 4.48. The van der Waals surface area contributed by atoms with E-state index in [9.17, 15) is 4.79 Å². The molecule has 1 aliphatic carbocycles. The monoisotopic (exact) mass is 266 g/mol. The zero-order valence-electron chi connectivity index (χ0n) is 10.6. The molecule has 1 atom stereocenters. The van der Waals surface area contributed by atoms with Crippen molar-refractivity contribution < 1.29 is 4.79 Å². The molecular formula is C14H19ClN2O. The first-order chi connectivity index (χ1) is 8.50. The Bertz CT molecular complexity index is 422. The molecule has 0 aromatic heterocycles. The first-order valence-corrected chi connectivity index (χ1v) is 6.74. The van der Waals surface area contributed by atoms with Gasteiger partial charge in [-0.15, -0.1) is 11.6 Å². The number of carbonyl (C=O) groups excluding carboxylic acids is 1. The van der Waals surface area contributed by atoms with Crippen LogP contribution in [-0.2, 0) is 9.67 Å². The first kappa shape index (κ1) is 13.2. The van der Waals surface area contributed by atoms with E-state index in [0.29, 0.717) is 5.69 Å². The second kappa shape index (κ2) is 5.19. The molecule has 2 rings (SSSR count). The summed E-state index contributed by atoms with van der Waals surface area (Å²) in [7, 11) is 0. The molecule has 0 heterocycles. The Morgan fingerprint density at radius 1 is 1.33 bits per heavy atom. The second-order valence-electron chi connectivity index (χ2n) is 5.08. The van der Waals surface area contributed by atoms with E-state index < -0.39 is 4.87 Å². The molecule has 4 heteroatoms. The van der Waals surface area contributed by atoms with Gasteiger partial charge >= 0.3 is 0 Å². The molecule has 1 aromatic rings. The number of alkyl halides is 1. The molecule has 1 unspecified atom stereocenters. The predicted octanol–water partition coefficient (Wildman–Crippen LogP) is 2.78. The smallest absolute Gasteiger partial charge is 0.245 e. The maximum absolute atomic E-state index is 12.2. The fourth-order valence-corrected chi connectivity index (χ4v) is 2.50. The normalized spacial score (nSPS) is 19.4. The summed E-state index contributed by atoms with van der Waals surface area (Å²) in [6, 6.07) is 7.41. The highest BCUT2D eigenvalue weighted by Crippen LogP contribution is 2.30. The first-order valence-electron chi connectivity index (χ1n) is 6.36. The topological polar surface area (TPSA) is 55.1 Å². The van der Waals surface area contributed by atoms with Crippen LogP contribution in [0.2, 0.25) is 0 Å². The van der Waals surface area contributed by atoms with Crippen LogP contribution in [0.5, 0.6) is 0 Å². The minimum absolute atomic E-state index is 0.124. The van der Waals surface area contributed by atoms with Gasteiger partial charge in [-0.1, -0.05) is 25.0 Å². The van der Waals surface area contributed by atoms with E-state index in [-0.39, 0.29) is 11.9 Å². The van der Waals surface area contributed by atoms with Gasteiger partial charge in [-0.25, -0.2) is 0 Å². The zero-order valence-corrected chi connectivity index (χ0v) is 11.3. The minimum atomic E-state index is -1.03. The van der Waals surface area contributed by atoms with Gasteiger partial charge in [0, 0.05) is 11.7 Å². The summed E-state index contributed by atoms with van der Waals surface area (Å²) in [5.74, 6) is -0.124. The number of rotatable bonds is 3. The summed E-state index contributed by atoms with van der Waals surface area (Å²) in [5, 5.41) is 3.03. The van der Waals surface area contributed by atoms with Crippen LogP contribution in [0, 0.1) is 0 Å². The standard InChI is InChI=1S/C14H19ClN2O/c1-14(15,10-6-8-11(16)9-7-10)13(18)17-12-4-2-3-5-12/h6-9,12H,2-5,16H2,1H3,(H,17,18). The highest BCUT2D eigenvalue weighted by Gasteiger charge is 2.34. The number of carbonyl (C=O) groups is 1. The van der Waals surface area contributed by atoms with Crippen LogP contribution in [-0.4, -0.2) is 11.9 Å². The fourth-order valence-electron chi connectivity index (χ4n) is 2.32. The molecule has 1 fully saturated rings. The number of nitrogen functional groups attached to an aromatic ring is 1. The van der Waals surface area contributed by atoms with E-state index in [1.54, 1.807) is 31.2 Å². The van der Waals surface area contributed by atoms with E-state index in [1.165, 1.54) is 12.8 Å². The van der Waals surface area contributed by atoms with Crippen LogP contribution in [0.4, 0.5) is 5.69 Å². The molecule has 3 N–H and O–H groups in total. The van der Waals surface area contributed by atoms with Gasteiger partial charge in [0.1, 0.15) is 4.87 Å². The number of hydrogen-bond acceptors (Lipinski definition) is 2. The second-order valence-corrected chi connectivity index (χ2v) is 5.84. The summed E-state index contributed by atoms with van der Waals surface area (Å²) < 4.78 is 0. The van der Waals surface area contributed by atoms with Gasteiger partial charge in [0.15, 0.2) is 0 Å². The molecule has 0 saturated heterocycles. The number of nitrogens with two attached hydrogens (primary N) is 1. The minimum Gasteiger partial charge on any atom is -0.399 e. The van der Waals surface area contributed by atoms with Gasteiger partial charge in [0.2, 0.25) is 5.91 Å². The summed E-state index contributed by atoms with van der Waals surface area (Å²) in [6.45, 7) is 1.73. The summed E-state index contributed by atoms with van der Waals surface area (Å²) in [5.41, 5.74) is 7.08. The molecule has 18 heavy (non-hydrogen) atoms. The molecule has 1 amide bonds. The number of halogens is 1. The Hall–Kier alpha value is -1.22. The van der Waals surface area contributed by atoms with Crippen LogP contribution >= 0.6 is 11.6 Å². The third-order valence-electron chi connectivity index (χ3n) is 3.57. The lowest BCUT2D eigenvalue weighted by molar-refractivity contribution is -0.124. The number of hydrogen-bond donors (Lipinski definition) is 2. The Kier molecular flexibility index (Phi) is 3.81. The third kappa shape index (κ3) is 2.78. The number of amides is 1. The molecule has 0 aliphatic heterocycles. The number of nitrogens with one attached hydrogen (secondary N) is 1. The molecule has 0 bridgehead atoms.